The van der Waals surface area contributed by atoms with E-state index in [1.54, 1.807) is 38.5 Å². The van der Waals surface area contributed by atoms with Gasteiger partial charge in [0, 0.05) is 19.5 Å². The lowest BCUT2D eigenvalue weighted by Gasteiger charge is -2.25. The van der Waals surface area contributed by atoms with Crippen LogP contribution in [0.5, 0.6) is 17.2 Å². The second-order valence-corrected chi connectivity index (χ2v) is 13.3. The van der Waals surface area contributed by atoms with Gasteiger partial charge in [0.1, 0.15) is 23.9 Å². The van der Waals surface area contributed by atoms with Crippen molar-refractivity contribution >= 4 is 29.5 Å². The van der Waals surface area contributed by atoms with Crippen LogP contribution in [0.15, 0.2) is 72.8 Å². The molecule has 0 aromatic heterocycles. The Morgan fingerprint density at radius 3 is 2.32 bits per heavy atom. The summed E-state index contributed by atoms with van der Waals surface area (Å²) in [5.41, 5.74) is 2.02. The van der Waals surface area contributed by atoms with E-state index in [0.29, 0.717) is 36.5 Å². The van der Waals surface area contributed by atoms with Crippen LogP contribution in [-0.4, -0.2) is 81.6 Å². The lowest BCUT2D eigenvalue weighted by molar-refractivity contribution is -0.133. The molecule has 1 aliphatic heterocycles. The molecule has 1 aliphatic rings. The average Bonchev–Trinajstić information content (AvgIpc) is 3.15. The molecule has 0 unspecified atom stereocenters. The molecule has 3 aromatic rings. The Bertz CT molecular complexity index is 1700. The number of benzene rings is 3. The molecule has 13 nitrogen and oxygen atoms in total. The van der Waals surface area contributed by atoms with Gasteiger partial charge in [0.05, 0.1) is 32.8 Å². The maximum atomic E-state index is 13.7. The number of nitrogens with one attached hydrogen (secondary N) is 5. The van der Waals surface area contributed by atoms with E-state index in [4.69, 9.17) is 14.2 Å². The number of methoxy groups -OCH3 is 2. The van der Waals surface area contributed by atoms with Crippen molar-refractivity contribution in [1.82, 2.24) is 26.6 Å². The van der Waals surface area contributed by atoms with Crippen LogP contribution in [0.1, 0.15) is 61.0 Å². The van der Waals surface area contributed by atoms with Gasteiger partial charge in [-0.25, -0.2) is 0 Å². The van der Waals surface area contributed by atoms with Gasteiger partial charge in [0.2, 0.25) is 23.6 Å². The van der Waals surface area contributed by atoms with Gasteiger partial charge in [-0.05, 0) is 67.0 Å². The first-order chi connectivity index (χ1) is 25.6. The van der Waals surface area contributed by atoms with Gasteiger partial charge >= 0.3 is 0 Å². The number of carbonyl (C=O) groups excluding carboxylic acids is 5. The van der Waals surface area contributed by atoms with Crippen molar-refractivity contribution in [2.24, 2.45) is 5.92 Å². The maximum Gasteiger partial charge on any atom is 0.255 e. The molecule has 53 heavy (non-hydrogen) atoms. The highest BCUT2D eigenvalue weighted by molar-refractivity contribution is 6.01. The number of amides is 5. The molecule has 13 heteroatoms. The Morgan fingerprint density at radius 2 is 1.58 bits per heavy atom. The molecule has 5 N–H and O–H groups in total. The summed E-state index contributed by atoms with van der Waals surface area (Å²) < 4.78 is 16.6. The number of hydrogen-bond donors (Lipinski definition) is 5. The highest BCUT2D eigenvalue weighted by Gasteiger charge is 2.31. The number of fused-ring (bicyclic) bond motifs is 1. The van der Waals surface area contributed by atoms with E-state index in [0.717, 1.165) is 11.1 Å². The van der Waals surface area contributed by atoms with Crippen LogP contribution in [0.25, 0.3) is 0 Å². The monoisotopic (exact) mass is 729 g/mol. The van der Waals surface area contributed by atoms with Gasteiger partial charge in [-0.2, -0.15) is 0 Å². The number of aryl methyl sites for hydroxylation is 1. The number of para-hydroxylation sites is 1. The van der Waals surface area contributed by atoms with Crippen LogP contribution in [-0.2, 0) is 32.0 Å². The number of ether oxygens (including phenoxy) is 3. The second kappa shape index (κ2) is 20.4. The van der Waals surface area contributed by atoms with Crippen molar-refractivity contribution in [3.05, 3.63) is 89.5 Å². The molecule has 3 aromatic carbocycles. The highest BCUT2D eigenvalue weighted by Crippen LogP contribution is 2.28. The van der Waals surface area contributed by atoms with Crippen molar-refractivity contribution < 1.29 is 38.2 Å². The Morgan fingerprint density at radius 1 is 0.849 bits per heavy atom. The van der Waals surface area contributed by atoms with E-state index in [1.807, 2.05) is 62.4 Å². The van der Waals surface area contributed by atoms with Crippen LogP contribution < -0.4 is 40.8 Å². The van der Waals surface area contributed by atoms with Crippen LogP contribution in [0.4, 0.5) is 0 Å². The Hall–Kier alpha value is -5.59. The Balaban J connectivity index is 1.54. The molecule has 0 aliphatic carbocycles. The third kappa shape index (κ3) is 12.5. The number of hydrogen-bond acceptors (Lipinski definition) is 8. The van der Waals surface area contributed by atoms with E-state index >= 15 is 0 Å². The molecular formula is C40H51N5O8. The third-order valence-corrected chi connectivity index (χ3v) is 8.68. The zero-order valence-electron chi connectivity index (χ0n) is 30.9. The zero-order valence-corrected chi connectivity index (χ0v) is 30.9. The van der Waals surface area contributed by atoms with Gasteiger partial charge in [0.15, 0.2) is 11.5 Å². The minimum atomic E-state index is -1.27. The molecule has 0 spiro atoms. The van der Waals surface area contributed by atoms with E-state index in [9.17, 15) is 24.0 Å². The first-order valence-corrected chi connectivity index (χ1v) is 18.0. The molecule has 4 rings (SSSR count). The summed E-state index contributed by atoms with van der Waals surface area (Å²) in [4.78, 5) is 67.9. The number of rotatable bonds is 11. The summed E-state index contributed by atoms with van der Waals surface area (Å²) in [6.07, 6.45) is 1.70. The summed E-state index contributed by atoms with van der Waals surface area (Å²) >= 11 is 0. The maximum absolute atomic E-state index is 13.7. The van der Waals surface area contributed by atoms with Gasteiger partial charge in [-0.1, -0.05) is 62.4 Å². The topological polar surface area (TPSA) is 173 Å². The fraction of sp³-hybridized carbons (Fsp3) is 0.425. The molecule has 0 radical (unpaired) electrons. The SMILES string of the molecule is COc1ccc(CCCNC(=O)[C@@H]2CC(=O)N[C@@H](CC(C)C)C(=O)N[C@@H](Cc3ccccc3)C(=O)NCCCOc3ccccc3C(=O)N2)cc1OC. The van der Waals surface area contributed by atoms with Crippen molar-refractivity contribution in [3.63, 3.8) is 0 Å². The van der Waals surface area contributed by atoms with Crippen molar-refractivity contribution in [2.45, 2.75) is 70.5 Å². The van der Waals surface area contributed by atoms with E-state index < -0.39 is 48.2 Å². The molecule has 0 saturated heterocycles. The predicted molar refractivity (Wildman–Crippen MR) is 200 cm³/mol. The Kier molecular flexibility index (Phi) is 15.5. The van der Waals surface area contributed by atoms with E-state index in [2.05, 4.69) is 26.6 Å². The Labute approximate surface area is 310 Å². The summed E-state index contributed by atoms with van der Waals surface area (Å²) in [5, 5.41) is 14.1. The molecular weight excluding hydrogens is 678 g/mol. The van der Waals surface area contributed by atoms with Crippen LogP contribution in [0.2, 0.25) is 0 Å². The normalized spacial score (nSPS) is 18.8. The van der Waals surface area contributed by atoms with E-state index in [1.165, 1.54) is 0 Å². The van der Waals surface area contributed by atoms with Crippen LogP contribution in [0, 0.1) is 5.92 Å². The van der Waals surface area contributed by atoms with E-state index in [-0.39, 0.29) is 49.9 Å². The van der Waals surface area contributed by atoms with Crippen LogP contribution in [0.3, 0.4) is 0 Å². The standard InChI is InChI=1S/C40H51N5O8/c1-26(2)22-30-40(50)45-31(23-27-12-6-5-7-13-27)38(48)42-20-11-21-53-33-16-9-8-15-29(33)37(47)44-32(25-36(46)43-30)39(49)41-19-10-14-28-17-18-34(51-3)35(24-28)52-4/h5-9,12-13,15-18,24,26,30-32H,10-11,14,19-23,25H2,1-4H3,(H,41,49)(H,42,48)(H,43,46)(H,44,47)(H,45,50)/t30-,31-,32-/m0/s1. The fourth-order valence-electron chi connectivity index (χ4n) is 5.95. The average molecular weight is 730 g/mol. The minimum absolute atomic E-state index is 0.00581. The van der Waals surface area contributed by atoms with Crippen LogP contribution >= 0.6 is 0 Å². The summed E-state index contributed by atoms with van der Waals surface area (Å²) in [6, 6.07) is 18.4. The molecule has 1 heterocycles. The van der Waals surface area contributed by atoms with Gasteiger partial charge in [-0.15, -0.1) is 0 Å². The van der Waals surface area contributed by atoms with Gasteiger partial charge in [0.25, 0.3) is 5.91 Å². The highest BCUT2D eigenvalue weighted by atomic mass is 16.5. The lowest BCUT2D eigenvalue weighted by atomic mass is 10.0. The molecule has 5 amide bonds. The smallest absolute Gasteiger partial charge is 0.255 e. The lowest BCUT2D eigenvalue weighted by Crippen LogP contribution is -2.56. The molecule has 0 bridgehead atoms. The van der Waals surface area contributed by atoms with Crippen molar-refractivity contribution in [3.8, 4) is 17.2 Å². The molecule has 3 atom stereocenters. The summed E-state index contributed by atoms with van der Waals surface area (Å²) in [5.74, 6) is -1.17. The fourth-order valence-corrected chi connectivity index (χ4v) is 5.95. The first-order valence-electron chi connectivity index (χ1n) is 18.0. The van der Waals surface area contributed by atoms with Gasteiger partial charge in [-0.3, -0.25) is 24.0 Å². The first kappa shape index (κ1) is 40.2. The van der Waals surface area contributed by atoms with Crippen molar-refractivity contribution in [1.29, 1.82) is 0 Å². The largest absolute Gasteiger partial charge is 0.493 e. The zero-order chi connectivity index (χ0) is 38.2. The second-order valence-electron chi connectivity index (χ2n) is 13.3. The number of carbonyl (C=O) groups is 5. The van der Waals surface area contributed by atoms with Gasteiger partial charge < -0.3 is 40.8 Å². The third-order valence-electron chi connectivity index (χ3n) is 8.68. The predicted octanol–water partition coefficient (Wildman–Crippen LogP) is 3.10. The molecule has 0 fully saturated rings. The molecule has 0 saturated carbocycles. The van der Waals surface area contributed by atoms with Crippen molar-refractivity contribution in [2.75, 3.05) is 33.9 Å². The molecule has 284 valence electrons. The quantitative estimate of drug-likeness (QED) is 0.187. The summed E-state index contributed by atoms with van der Waals surface area (Å²) in [6.45, 7) is 4.54. The summed E-state index contributed by atoms with van der Waals surface area (Å²) in [7, 11) is 3.13. The minimum Gasteiger partial charge on any atom is -0.493 e.